The second-order valence-electron chi connectivity index (χ2n) is 3.99. The fraction of sp³-hybridized carbons (Fsp3) is 0.909. The molecular formula is C11H25N3O. The summed E-state index contributed by atoms with van der Waals surface area (Å²) in [5.41, 5.74) is 5.48. The van der Waals surface area contributed by atoms with E-state index in [1.165, 1.54) is 12.8 Å². The van der Waals surface area contributed by atoms with Crippen molar-refractivity contribution in [2.24, 2.45) is 16.8 Å². The van der Waals surface area contributed by atoms with Crippen LogP contribution in [0.25, 0.3) is 0 Å². The van der Waals surface area contributed by atoms with Crippen LogP contribution in [0.5, 0.6) is 0 Å². The zero-order valence-corrected chi connectivity index (χ0v) is 10.2. The molecule has 0 spiro atoms. The minimum atomic E-state index is 0.305. The lowest BCUT2D eigenvalue weighted by atomic mass is 10.0. The number of amidine groups is 1. The highest BCUT2D eigenvalue weighted by Gasteiger charge is 2.10. The van der Waals surface area contributed by atoms with Gasteiger partial charge in [0.25, 0.3) is 0 Å². The van der Waals surface area contributed by atoms with Crippen LogP contribution in [0, 0.1) is 5.92 Å². The molecule has 0 aromatic carbocycles. The summed E-state index contributed by atoms with van der Waals surface area (Å²) in [7, 11) is 0. The Bertz CT molecular complexity index is 179. The maximum absolute atomic E-state index is 8.48. The highest BCUT2D eigenvalue weighted by molar-refractivity contribution is 5.80. The summed E-state index contributed by atoms with van der Waals surface area (Å²) >= 11 is 0. The number of hydrogen-bond acceptors (Lipinski definition) is 3. The third-order valence-electron chi connectivity index (χ3n) is 2.93. The second kappa shape index (κ2) is 8.53. The molecule has 0 amide bonds. The molecule has 0 aliphatic heterocycles. The van der Waals surface area contributed by atoms with Crippen molar-refractivity contribution in [1.29, 1.82) is 0 Å². The van der Waals surface area contributed by atoms with Crippen molar-refractivity contribution < 1.29 is 5.21 Å². The Labute approximate surface area is 92.9 Å². The summed E-state index contributed by atoms with van der Waals surface area (Å²) in [4.78, 5) is 0. The van der Waals surface area contributed by atoms with E-state index in [9.17, 15) is 0 Å². The molecule has 0 aromatic rings. The first-order valence-electron chi connectivity index (χ1n) is 5.87. The molecule has 1 unspecified atom stereocenters. The number of nitrogens with one attached hydrogen (secondary N) is 1. The largest absolute Gasteiger partial charge is 0.409 e. The molecule has 0 radical (unpaired) electrons. The fourth-order valence-corrected chi connectivity index (χ4v) is 1.56. The molecule has 0 aliphatic carbocycles. The zero-order valence-electron chi connectivity index (χ0n) is 10.2. The van der Waals surface area contributed by atoms with Crippen molar-refractivity contribution in [3.8, 4) is 0 Å². The van der Waals surface area contributed by atoms with E-state index < -0.39 is 0 Å². The molecule has 0 rings (SSSR count). The van der Waals surface area contributed by atoms with Crippen molar-refractivity contribution in [2.45, 2.75) is 52.5 Å². The van der Waals surface area contributed by atoms with E-state index in [2.05, 4.69) is 31.2 Å². The summed E-state index contributed by atoms with van der Waals surface area (Å²) in [6.45, 7) is 7.54. The molecule has 4 nitrogen and oxygen atoms in total. The lowest BCUT2D eigenvalue weighted by molar-refractivity contribution is 0.314. The maximum atomic E-state index is 8.48. The van der Waals surface area contributed by atoms with Crippen LogP contribution < -0.4 is 11.1 Å². The summed E-state index contributed by atoms with van der Waals surface area (Å²) in [5, 5.41) is 14.9. The Morgan fingerprint density at radius 2 is 1.87 bits per heavy atom. The van der Waals surface area contributed by atoms with Crippen LogP contribution in [0.4, 0.5) is 0 Å². The zero-order chi connectivity index (χ0) is 11.7. The summed E-state index contributed by atoms with van der Waals surface area (Å²) in [6, 6.07) is 0.321. The topological polar surface area (TPSA) is 70.6 Å². The summed E-state index contributed by atoms with van der Waals surface area (Å²) in [5.74, 6) is 1.03. The normalized spacial score (nSPS) is 14.5. The molecule has 0 fully saturated rings. The van der Waals surface area contributed by atoms with Gasteiger partial charge in [-0.15, -0.1) is 0 Å². The van der Waals surface area contributed by atoms with Gasteiger partial charge < -0.3 is 16.3 Å². The quantitative estimate of drug-likeness (QED) is 0.251. The highest BCUT2D eigenvalue weighted by atomic mass is 16.4. The Kier molecular flexibility index (Phi) is 8.09. The molecule has 90 valence electrons. The Balaban J connectivity index is 3.89. The fourth-order valence-electron chi connectivity index (χ4n) is 1.56. The van der Waals surface area contributed by atoms with Crippen molar-refractivity contribution in [3.63, 3.8) is 0 Å². The predicted molar refractivity (Wildman–Crippen MR) is 64.2 cm³/mol. The van der Waals surface area contributed by atoms with Gasteiger partial charge >= 0.3 is 0 Å². The van der Waals surface area contributed by atoms with Gasteiger partial charge in [-0.1, -0.05) is 38.8 Å². The van der Waals surface area contributed by atoms with Crippen LogP contribution in [0.3, 0.4) is 0 Å². The van der Waals surface area contributed by atoms with Gasteiger partial charge in [0.2, 0.25) is 0 Å². The average Bonchev–Trinajstić information content (AvgIpc) is 2.28. The van der Waals surface area contributed by atoms with E-state index in [0.717, 1.165) is 18.9 Å². The molecule has 4 N–H and O–H groups in total. The first kappa shape index (κ1) is 14.2. The molecule has 0 bridgehead atoms. The monoisotopic (exact) mass is 215 g/mol. The molecular weight excluding hydrogens is 190 g/mol. The number of rotatable bonds is 8. The van der Waals surface area contributed by atoms with Gasteiger partial charge in [-0.2, -0.15) is 0 Å². The maximum Gasteiger partial charge on any atom is 0.140 e. The van der Waals surface area contributed by atoms with Crippen LogP contribution in [0.2, 0.25) is 0 Å². The number of nitrogens with zero attached hydrogens (tertiary/aromatic N) is 1. The van der Waals surface area contributed by atoms with Crippen molar-refractivity contribution >= 4 is 5.84 Å². The molecule has 15 heavy (non-hydrogen) atoms. The van der Waals surface area contributed by atoms with Crippen molar-refractivity contribution in [3.05, 3.63) is 0 Å². The number of nitrogens with two attached hydrogens (primary N) is 1. The summed E-state index contributed by atoms with van der Waals surface area (Å²) in [6.07, 6.45) is 4.01. The van der Waals surface area contributed by atoms with E-state index in [0.29, 0.717) is 18.3 Å². The van der Waals surface area contributed by atoms with E-state index in [1.54, 1.807) is 0 Å². The summed E-state index contributed by atoms with van der Waals surface area (Å²) < 4.78 is 0. The van der Waals surface area contributed by atoms with Gasteiger partial charge in [0, 0.05) is 12.5 Å². The molecule has 0 heterocycles. The molecule has 0 saturated heterocycles. The van der Waals surface area contributed by atoms with Crippen molar-refractivity contribution in [2.75, 3.05) is 6.54 Å². The smallest absolute Gasteiger partial charge is 0.140 e. The van der Waals surface area contributed by atoms with Gasteiger partial charge in [-0.25, -0.2) is 0 Å². The van der Waals surface area contributed by atoms with Gasteiger partial charge in [0.1, 0.15) is 5.84 Å². The Morgan fingerprint density at radius 3 is 2.27 bits per heavy atom. The minimum Gasteiger partial charge on any atom is -0.409 e. The second-order valence-corrected chi connectivity index (χ2v) is 3.99. The minimum absolute atomic E-state index is 0.305. The average molecular weight is 215 g/mol. The van der Waals surface area contributed by atoms with Gasteiger partial charge in [-0.3, -0.25) is 0 Å². The van der Waals surface area contributed by atoms with Gasteiger partial charge in [-0.05, 0) is 18.9 Å². The standard InChI is InChI=1S/C11H25N3O/c1-4-9(5-2)8-13-10(6-3)7-11(12)14-15/h9-10,13,15H,4-8H2,1-3H3,(H2,12,14). The van der Waals surface area contributed by atoms with Crippen LogP contribution >= 0.6 is 0 Å². The number of oxime groups is 1. The Hall–Kier alpha value is -0.770. The predicted octanol–water partition coefficient (Wildman–Crippen LogP) is 1.93. The molecule has 0 aromatic heterocycles. The third-order valence-corrected chi connectivity index (χ3v) is 2.93. The van der Waals surface area contributed by atoms with Crippen LogP contribution in [-0.2, 0) is 0 Å². The molecule has 0 aliphatic rings. The van der Waals surface area contributed by atoms with Crippen molar-refractivity contribution in [1.82, 2.24) is 5.32 Å². The first-order valence-corrected chi connectivity index (χ1v) is 5.87. The lowest BCUT2D eigenvalue weighted by Gasteiger charge is -2.20. The van der Waals surface area contributed by atoms with Crippen LogP contribution in [0.1, 0.15) is 46.5 Å². The highest BCUT2D eigenvalue weighted by Crippen LogP contribution is 2.07. The molecule has 1 atom stereocenters. The third kappa shape index (κ3) is 6.33. The van der Waals surface area contributed by atoms with Crippen LogP contribution in [-0.4, -0.2) is 23.6 Å². The molecule has 4 heteroatoms. The van der Waals surface area contributed by atoms with Gasteiger partial charge in [0.05, 0.1) is 0 Å². The van der Waals surface area contributed by atoms with Crippen LogP contribution in [0.15, 0.2) is 5.16 Å². The SMILES string of the molecule is CCC(CC)CNC(CC)CC(N)=NO. The van der Waals surface area contributed by atoms with E-state index >= 15 is 0 Å². The van der Waals surface area contributed by atoms with E-state index in [-0.39, 0.29) is 0 Å². The Morgan fingerprint density at radius 1 is 1.27 bits per heavy atom. The lowest BCUT2D eigenvalue weighted by Crippen LogP contribution is -2.36. The number of hydrogen-bond donors (Lipinski definition) is 3. The van der Waals surface area contributed by atoms with Gasteiger partial charge in [0.15, 0.2) is 0 Å². The van der Waals surface area contributed by atoms with E-state index in [4.69, 9.17) is 10.9 Å². The molecule has 0 saturated carbocycles. The first-order chi connectivity index (χ1) is 7.17. The van der Waals surface area contributed by atoms with E-state index in [1.807, 2.05) is 0 Å².